The maximum atomic E-state index is 14.3. The second-order valence-corrected chi connectivity index (χ2v) is 7.22. The number of primary amides is 1. The molecule has 0 aromatic carbocycles. The molecule has 0 saturated heterocycles. The number of anilines is 3. The second-order valence-electron chi connectivity index (χ2n) is 7.22. The number of nitrogens with one attached hydrogen (secondary N) is 2. The standard InChI is InChI=1S/C19H24F2N6O/c1-10-6-11(2)25-15(7-10)27-14-8-12(9-24-16(14)18(23)28)26-17-13(22)4-3-5-19(17,20)21/h6-9,13,17,26H,3-5,22H2,1-2H3,(H2,23,28)(H,25,27)/t13-,17-/m1/s1. The fourth-order valence-electron chi connectivity index (χ4n) is 3.48. The summed E-state index contributed by atoms with van der Waals surface area (Å²) in [5.74, 6) is -3.17. The molecule has 2 atom stereocenters. The van der Waals surface area contributed by atoms with Crippen molar-refractivity contribution < 1.29 is 13.6 Å². The average molecular weight is 390 g/mol. The highest BCUT2D eigenvalue weighted by atomic mass is 19.3. The van der Waals surface area contributed by atoms with Crippen LogP contribution in [0.4, 0.5) is 26.0 Å². The predicted molar refractivity (Wildman–Crippen MR) is 104 cm³/mol. The summed E-state index contributed by atoms with van der Waals surface area (Å²) in [5, 5.41) is 5.80. The Hall–Kier alpha value is -2.81. The zero-order chi connectivity index (χ0) is 20.5. The van der Waals surface area contributed by atoms with Gasteiger partial charge in [0.05, 0.1) is 17.6 Å². The summed E-state index contributed by atoms with van der Waals surface area (Å²) in [6, 6.07) is 3.32. The van der Waals surface area contributed by atoms with E-state index in [0.29, 0.717) is 24.3 Å². The van der Waals surface area contributed by atoms with Crippen molar-refractivity contribution >= 4 is 23.1 Å². The van der Waals surface area contributed by atoms with Crippen molar-refractivity contribution in [2.45, 2.75) is 51.1 Å². The van der Waals surface area contributed by atoms with Crippen LogP contribution in [0.25, 0.3) is 0 Å². The number of carbonyl (C=O) groups is 1. The number of aromatic nitrogens is 2. The van der Waals surface area contributed by atoms with E-state index in [-0.39, 0.29) is 17.8 Å². The van der Waals surface area contributed by atoms with E-state index in [0.717, 1.165) is 11.3 Å². The van der Waals surface area contributed by atoms with Crippen LogP contribution in [0.1, 0.15) is 41.0 Å². The predicted octanol–water partition coefficient (Wildman–Crippen LogP) is 2.86. The number of hydrogen-bond donors (Lipinski definition) is 4. The topological polar surface area (TPSA) is 119 Å². The fraction of sp³-hybridized carbons (Fsp3) is 0.421. The molecular formula is C19H24F2N6O. The van der Waals surface area contributed by atoms with Gasteiger partial charge in [-0.05, 0) is 50.5 Å². The Morgan fingerprint density at radius 3 is 2.68 bits per heavy atom. The molecule has 28 heavy (non-hydrogen) atoms. The molecule has 3 rings (SSSR count). The van der Waals surface area contributed by atoms with E-state index in [1.807, 2.05) is 19.9 Å². The summed E-state index contributed by atoms with van der Waals surface area (Å²) in [6.45, 7) is 3.76. The molecule has 0 spiro atoms. The first-order chi connectivity index (χ1) is 13.2. The molecule has 7 nitrogen and oxygen atoms in total. The van der Waals surface area contributed by atoms with E-state index in [2.05, 4.69) is 20.6 Å². The molecule has 0 aliphatic heterocycles. The lowest BCUT2D eigenvalue weighted by Crippen LogP contribution is -2.54. The van der Waals surface area contributed by atoms with E-state index in [1.54, 1.807) is 6.07 Å². The molecule has 0 unspecified atom stereocenters. The van der Waals surface area contributed by atoms with Gasteiger partial charge in [0, 0.05) is 18.2 Å². The van der Waals surface area contributed by atoms with E-state index >= 15 is 0 Å². The Labute approximate surface area is 161 Å². The highest BCUT2D eigenvalue weighted by Gasteiger charge is 2.45. The van der Waals surface area contributed by atoms with Crippen LogP contribution in [0.3, 0.4) is 0 Å². The number of nitrogens with zero attached hydrogens (tertiary/aromatic N) is 2. The molecule has 2 aromatic heterocycles. The van der Waals surface area contributed by atoms with Gasteiger partial charge in [-0.3, -0.25) is 4.79 Å². The van der Waals surface area contributed by atoms with Crippen molar-refractivity contribution in [2.75, 3.05) is 10.6 Å². The van der Waals surface area contributed by atoms with Gasteiger partial charge in [0.1, 0.15) is 11.9 Å². The van der Waals surface area contributed by atoms with Crippen molar-refractivity contribution in [3.8, 4) is 0 Å². The molecule has 1 fully saturated rings. The van der Waals surface area contributed by atoms with Crippen molar-refractivity contribution in [1.29, 1.82) is 0 Å². The van der Waals surface area contributed by atoms with Gasteiger partial charge in [0.25, 0.3) is 11.8 Å². The first-order valence-electron chi connectivity index (χ1n) is 9.08. The molecule has 2 aromatic rings. The van der Waals surface area contributed by atoms with Crippen molar-refractivity contribution in [3.63, 3.8) is 0 Å². The van der Waals surface area contributed by atoms with Crippen molar-refractivity contribution in [3.05, 3.63) is 41.3 Å². The summed E-state index contributed by atoms with van der Waals surface area (Å²) < 4.78 is 28.6. The second kappa shape index (κ2) is 7.67. The maximum absolute atomic E-state index is 14.3. The Bertz CT molecular complexity index is 868. The van der Waals surface area contributed by atoms with Gasteiger partial charge in [-0.2, -0.15) is 0 Å². The minimum absolute atomic E-state index is 0.00814. The quantitative estimate of drug-likeness (QED) is 0.623. The Kier molecular flexibility index (Phi) is 5.46. The van der Waals surface area contributed by atoms with Crippen LogP contribution in [-0.2, 0) is 0 Å². The van der Waals surface area contributed by atoms with Crippen molar-refractivity contribution in [1.82, 2.24) is 9.97 Å². The number of halogens is 2. The smallest absolute Gasteiger partial charge is 0.269 e. The van der Waals surface area contributed by atoms with Gasteiger partial charge < -0.3 is 22.1 Å². The highest BCUT2D eigenvalue weighted by molar-refractivity contribution is 5.97. The summed E-state index contributed by atoms with van der Waals surface area (Å²) >= 11 is 0. The summed E-state index contributed by atoms with van der Waals surface area (Å²) in [7, 11) is 0. The van der Waals surface area contributed by atoms with Crippen LogP contribution in [0.15, 0.2) is 24.4 Å². The fourth-order valence-corrected chi connectivity index (χ4v) is 3.48. The number of aryl methyl sites for hydroxylation is 2. The molecule has 0 radical (unpaired) electrons. The van der Waals surface area contributed by atoms with Gasteiger partial charge >= 0.3 is 0 Å². The molecule has 1 aliphatic carbocycles. The number of carbonyl (C=O) groups excluding carboxylic acids is 1. The maximum Gasteiger partial charge on any atom is 0.269 e. The third-order valence-corrected chi connectivity index (χ3v) is 4.73. The summed E-state index contributed by atoms with van der Waals surface area (Å²) in [4.78, 5) is 20.1. The Morgan fingerprint density at radius 2 is 2.04 bits per heavy atom. The number of alkyl halides is 2. The van der Waals surface area contributed by atoms with E-state index in [9.17, 15) is 13.6 Å². The lowest BCUT2D eigenvalue weighted by atomic mass is 9.87. The minimum Gasteiger partial charge on any atom is -0.374 e. The van der Waals surface area contributed by atoms with Gasteiger partial charge in [-0.1, -0.05) is 0 Å². The van der Waals surface area contributed by atoms with Crippen molar-refractivity contribution in [2.24, 2.45) is 11.5 Å². The molecule has 6 N–H and O–H groups in total. The Balaban J connectivity index is 1.92. The normalized spacial score (nSPS) is 21.2. The molecule has 1 amide bonds. The zero-order valence-electron chi connectivity index (χ0n) is 15.8. The monoisotopic (exact) mass is 390 g/mol. The lowest BCUT2D eigenvalue weighted by molar-refractivity contribution is -0.0510. The molecule has 1 aliphatic rings. The average Bonchev–Trinajstić information content (AvgIpc) is 2.57. The highest BCUT2D eigenvalue weighted by Crippen LogP contribution is 2.35. The molecule has 150 valence electrons. The van der Waals surface area contributed by atoms with Gasteiger partial charge in [0.15, 0.2) is 5.69 Å². The molecular weight excluding hydrogens is 366 g/mol. The number of amides is 1. The first kappa shape index (κ1) is 19.9. The van der Waals surface area contributed by atoms with E-state index in [4.69, 9.17) is 11.5 Å². The van der Waals surface area contributed by atoms with Crippen LogP contribution in [0.5, 0.6) is 0 Å². The number of hydrogen-bond acceptors (Lipinski definition) is 6. The van der Waals surface area contributed by atoms with Gasteiger partial charge in [-0.15, -0.1) is 0 Å². The van der Waals surface area contributed by atoms with Crippen LogP contribution >= 0.6 is 0 Å². The van der Waals surface area contributed by atoms with Crippen LogP contribution < -0.4 is 22.1 Å². The largest absolute Gasteiger partial charge is 0.374 e. The summed E-state index contributed by atoms with van der Waals surface area (Å²) in [5.41, 5.74) is 13.7. The third kappa shape index (κ3) is 4.36. The SMILES string of the molecule is Cc1cc(C)nc(Nc2cc(N[C@@H]3[C@H](N)CCCC3(F)F)cnc2C(N)=O)c1. The van der Waals surface area contributed by atoms with Crippen LogP contribution in [0.2, 0.25) is 0 Å². The van der Waals surface area contributed by atoms with Gasteiger partial charge in [0.2, 0.25) is 0 Å². The molecule has 9 heteroatoms. The first-order valence-corrected chi connectivity index (χ1v) is 9.08. The van der Waals surface area contributed by atoms with Crippen LogP contribution in [-0.4, -0.2) is 33.9 Å². The lowest BCUT2D eigenvalue weighted by Gasteiger charge is -2.37. The van der Waals surface area contributed by atoms with Crippen LogP contribution in [0, 0.1) is 13.8 Å². The molecule has 0 bridgehead atoms. The molecule has 1 saturated carbocycles. The Morgan fingerprint density at radius 1 is 1.29 bits per heavy atom. The zero-order valence-corrected chi connectivity index (χ0v) is 15.8. The summed E-state index contributed by atoms with van der Waals surface area (Å²) in [6.07, 6.45) is 1.98. The molecule has 2 heterocycles. The minimum atomic E-state index is -2.93. The van der Waals surface area contributed by atoms with E-state index < -0.39 is 23.9 Å². The number of rotatable bonds is 5. The van der Waals surface area contributed by atoms with E-state index in [1.165, 1.54) is 12.3 Å². The van der Waals surface area contributed by atoms with Gasteiger partial charge in [-0.25, -0.2) is 18.7 Å². The number of nitrogens with two attached hydrogens (primary N) is 2. The third-order valence-electron chi connectivity index (χ3n) is 4.73. The number of pyridine rings is 2.